The van der Waals surface area contributed by atoms with Crippen LogP contribution in [0.5, 0.6) is 5.75 Å². The number of carbonyl (C=O) groups excluding carboxylic acids is 1. The molecule has 1 fully saturated rings. The summed E-state index contributed by atoms with van der Waals surface area (Å²) < 4.78 is 21.7. The number of esters is 1. The maximum absolute atomic E-state index is 12.1. The van der Waals surface area contributed by atoms with Gasteiger partial charge in [-0.2, -0.15) is 0 Å². The fourth-order valence-corrected chi connectivity index (χ4v) is 2.67. The van der Waals surface area contributed by atoms with Gasteiger partial charge in [-0.05, 0) is 24.3 Å². The Balaban J connectivity index is 1.82. The van der Waals surface area contributed by atoms with E-state index in [2.05, 4.69) is 9.80 Å². The zero-order valence-electron chi connectivity index (χ0n) is 13.1. The van der Waals surface area contributed by atoms with Crippen molar-refractivity contribution in [3.8, 4) is 5.75 Å². The van der Waals surface area contributed by atoms with Gasteiger partial charge < -0.3 is 14.4 Å². The summed E-state index contributed by atoms with van der Waals surface area (Å²) in [5.74, 6) is 0.274. The zero-order valence-corrected chi connectivity index (χ0v) is 13.1. The van der Waals surface area contributed by atoms with Gasteiger partial charge in [-0.3, -0.25) is 9.69 Å². The average molecular weight is 310 g/mol. The minimum absolute atomic E-state index is 0.103. The van der Waals surface area contributed by atoms with Gasteiger partial charge in [0.05, 0.1) is 13.0 Å². The molecule has 122 valence electrons. The third-order valence-corrected chi connectivity index (χ3v) is 3.93. The van der Waals surface area contributed by atoms with Crippen LogP contribution in [0.3, 0.4) is 0 Å². The third-order valence-electron chi connectivity index (χ3n) is 3.93. The number of hydrogen-bond acceptors (Lipinski definition) is 5. The summed E-state index contributed by atoms with van der Waals surface area (Å²) >= 11 is 0. The molecule has 5 nitrogen and oxygen atoms in total. The SMILES string of the molecule is COC(=O)[C@@H](C)CN1CCN(c2ccc(OCF)cc2)CC1. The molecule has 0 aromatic heterocycles. The molecular weight excluding hydrogens is 287 g/mol. The Morgan fingerprint density at radius 1 is 1.23 bits per heavy atom. The Hall–Kier alpha value is -1.82. The highest BCUT2D eigenvalue weighted by molar-refractivity contribution is 5.72. The molecule has 6 heteroatoms. The topological polar surface area (TPSA) is 42.0 Å². The van der Waals surface area contributed by atoms with Crippen LogP contribution >= 0.6 is 0 Å². The molecule has 1 aliphatic rings. The molecule has 0 unspecified atom stereocenters. The molecule has 0 saturated carbocycles. The van der Waals surface area contributed by atoms with E-state index in [1.54, 1.807) is 12.1 Å². The van der Waals surface area contributed by atoms with Gasteiger partial charge in [0, 0.05) is 38.4 Å². The first-order chi connectivity index (χ1) is 10.6. The molecule has 2 rings (SSSR count). The van der Waals surface area contributed by atoms with Crippen LogP contribution < -0.4 is 9.64 Å². The summed E-state index contributed by atoms with van der Waals surface area (Å²) in [5, 5.41) is 0. The van der Waals surface area contributed by atoms with E-state index >= 15 is 0 Å². The van der Waals surface area contributed by atoms with Crippen molar-refractivity contribution < 1.29 is 18.7 Å². The Morgan fingerprint density at radius 2 is 1.86 bits per heavy atom. The second-order valence-corrected chi connectivity index (χ2v) is 5.46. The number of halogens is 1. The second-order valence-electron chi connectivity index (χ2n) is 5.46. The molecule has 0 aliphatic carbocycles. The lowest BCUT2D eigenvalue weighted by Gasteiger charge is -2.36. The molecule has 1 aromatic rings. The highest BCUT2D eigenvalue weighted by atomic mass is 19.1. The molecule has 1 saturated heterocycles. The van der Waals surface area contributed by atoms with Crippen LogP contribution in [0.15, 0.2) is 24.3 Å². The van der Waals surface area contributed by atoms with Gasteiger partial charge in [-0.15, -0.1) is 0 Å². The van der Waals surface area contributed by atoms with Crippen LogP contribution in [0.4, 0.5) is 10.1 Å². The van der Waals surface area contributed by atoms with Crippen LogP contribution in [0.2, 0.25) is 0 Å². The molecule has 1 heterocycles. The lowest BCUT2D eigenvalue weighted by molar-refractivity contribution is -0.145. The highest BCUT2D eigenvalue weighted by Crippen LogP contribution is 2.21. The van der Waals surface area contributed by atoms with Crippen molar-refractivity contribution in [3.05, 3.63) is 24.3 Å². The van der Waals surface area contributed by atoms with Crippen molar-refractivity contribution >= 4 is 11.7 Å². The highest BCUT2D eigenvalue weighted by Gasteiger charge is 2.22. The number of anilines is 1. The van der Waals surface area contributed by atoms with E-state index in [1.165, 1.54) is 7.11 Å². The molecule has 22 heavy (non-hydrogen) atoms. The van der Waals surface area contributed by atoms with E-state index in [0.29, 0.717) is 5.75 Å². The van der Waals surface area contributed by atoms with Crippen molar-refractivity contribution in [3.63, 3.8) is 0 Å². The van der Waals surface area contributed by atoms with Crippen LogP contribution in [0.1, 0.15) is 6.92 Å². The molecule has 1 aliphatic heterocycles. The zero-order chi connectivity index (χ0) is 15.9. The number of rotatable bonds is 6. The number of methoxy groups -OCH3 is 1. The largest absolute Gasteiger partial charge is 0.469 e. The molecular formula is C16H23FN2O3. The first-order valence-corrected chi connectivity index (χ1v) is 7.48. The van der Waals surface area contributed by atoms with E-state index in [1.807, 2.05) is 19.1 Å². The number of ether oxygens (including phenoxy) is 2. The minimum atomic E-state index is -0.809. The minimum Gasteiger partial charge on any atom is -0.469 e. The Bertz CT molecular complexity index is 473. The van der Waals surface area contributed by atoms with Crippen LogP contribution in [-0.4, -0.2) is 57.6 Å². The lowest BCUT2D eigenvalue weighted by Crippen LogP contribution is -2.48. The van der Waals surface area contributed by atoms with Gasteiger partial charge in [0.1, 0.15) is 5.75 Å². The molecule has 1 atom stereocenters. The van der Waals surface area contributed by atoms with E-state index < -0.39 is 6.86 Å². The van der Waals surface area contributed by atoms with E-state index in [9.17, 15) is 9.18 Å². The first kappa shape index (κ1) is 16.5. The predicted octanol–water partition coefficient (Wildman–Crippen LogP) is 1.92. The molecule has 0 spiro atoms. The lowest BCUT2D eigenvalue weighted by atomic mass is 10.1. The van der Waals surface area contributed by atoms with Crippen molar-refractivity contribution in [2.45, 2.75) is 6.92 Å². The van der Waals surface area contributed by atoms with Crippen molar-refractivity contribution in [1.29, 1.82) is 0 Å². The molecule has 0 bridgehead atoms. The number of piperazine rings is 1. The first-order valence-electron chi connectivity index (χ1n) is 7.48. The summed E-state index contributed by atoms with van der Waals surface area (Å²) in [6.45, 7) is 5.42. The monoisotopic (exact) mass is 310 g/mol. The molecule has 1 aromatic carbocycles. The number of nitrogens with zero attached hydrogens (tertiary/aromatic N) is 2. The standard InChI is InChI=1S/C16H23FN2O3/c1-13(16(20)21-2)11-18-7-9-19(10-8-18)14-3-5-15(6-4-14)22-12-17/h3-6,13H,7-12H2,1-2H3/t13-/m0/s1. The normalized spacial score (nSPS) is 17.1. The quantitative estimate of drug-likeness (QED) is 0.751. The number of alkyl halides is 1. The van der Waals surface area contributed by atoms with Gasteiger partial charge in [0.25, 0.3) is 0 Å². The van der Waals surface area contributed by atoms with Gasteiger partial charge >= 0.3 is 5.97 Å². The third kappa shape index (κ3) is 4.34. The van der Waals surface area contributed by atoms with E-state index in [-0.39, 0.29) is 11.9 Å². The van der Waals surface area contributed by atoms with E-state index in [0.717, 1.165) is 38.4 Å². The summed E-state index contributed by atoms with van der Waals surface area (Å²) in [7, 11) is 1.42. The second kappa shape index (κ2) is 7.98. The predicted molar refractivity (Wildman–Crippen MR) is 82.9 cm³/mol. The molecule has 0 N–H and O–H groups in total. The molecule has 0 amide bonds. The fourth-order valence-electron chi connectivity index (χ4n) is 2.67. The smallest absolute Gasteiger partial charge is 0.309 e. The van der Waals surface area contributed by atoms with Gasteiger partial charge in [-0.25, -0.2) is 4.39 Å². The van der Waals surface area contributed by atoms with Gasteiger partial charge in [0.2, 0.25) is 6.86 Å². The Labute approximate surface area is 130 Å². The van der Waals surface area contributed by atoms with Crippen molar-refractivity contribution in [1.82, 2.24) is 4.90 Å². The van der Waals surface area contributed by atoms with Crippen LogP contribution in [0, 0.1) is 5.92 Å². The summed E-state index contributed by atoms with van der Waals surface area (Å²) in [4.78, 5) is 16.0. The number of benzene rings is 1. The van der Waals surface area contributed by atoms with Crippen LogP contribution in [0.25, 0.3) is 0 Å². The van der Waals surface area contributed by atoms with Gasteiger partial charge in [-0.1, -0.05) is 6.92 Å². The maximum atomic E-state index is 12.1. The number of hydrogen-bond donors (Lipinski definition) is 0. The molecule has 0 radical (unpaired) electrons. The van der Waals surface area contributed by atoms with Crippen LogP contribution in [-0.2, 0) is 9.53 Å². The fraction of sp³-hybridized carbons (Fsp3) is 0.562. The summed E-state index contributed by atoms with van der Waals surface area (Å²) in [6, 6.07) is 7.44. The van der Waals surface area contributed by atoms with Gasteiger partial charge in [0.15, 0.2) is 0 Å². The number of carbonyl (C=O) groups is 1. The average Bonchev–Trinajstić information content (AvgIpc) is 2.56. The maximum Gasteiger partial charge on any atom is 0.309 e. The summed E-state index contributed by atoms with van der Waals surface area (Å²) in [5.41, 5.74) is 1.10. The Kier molecular flexibility index (Phi) is 6.00. The Morgan fingerprint density at radius 3 is 2.41 bits per heavy atom. The van der Waals surface area contributed by atoms with E-state index in [4.69, 9.17) is 9.47 Å². The van der Waals surface area contributed by atoms with Crippen molar-refractivity contribution in [2.75, 3.05) is 51.6 Å². The summed E-state index contributed by atoms with van der Waals surface area (Å²) in [6.07, 6.45) is 0. The van der Waals surface area contributed by atoms with Crippen molar-refractivity contribution in [2.24, 2.45) is 5.92 Å².